The number of amides is 4. The molecule has 0 fully saturated rings. The highest BCUT2D eigenvalue weighted by molar-refractivity contribution is 5.88. The maximum absolute atomic E-state index is 12.2. The van der Waals surface area contributed by atoms with E-state index in [1.165, 1.54) is 6.92 Å². The summed E-state index contributed by atoms with van der Waals surface area (Å²) in [6, 6.07) is 5.77. The van der Waals surface area contributed by atoms with Gasteiger partial charge in [-0.3, -0.25) is 9.59 Å². The normalized spacial score (nSPS) is 12.8. The lowest BCUT2D eigenvalue weighted by Gasteiger charge is -2.22. The van der Waals surface area contributed by atoms with E-state index in [1.807, 2.05) is 26.0 Å². The summed E-state index contributed by atoms with van der Waals surface area (Å²) in [5.41, 5.74) is 6.70. The van der Waals surface area contributed by atoms with Crippen LogP contribution < -0.4 is 21.7 Å². The maximum atomic E-state index is 12.2. The van der Waals surface area contributed by atoms with Gasteiger partial charge in [0.15, 0.2) is 0 Å². The molecule has 2 unspecified atom stereocenters. The van der Waals surface area contributed by atoms with Gasteiger partial charge in [-0.2, -0.15) is 0 Å². The summed E-state index contributed by atoms with van der Waals surface area (Å²) < 4.78 is 0. The van der Waals surface area contributed by atoms with E-state index in [2.05, 4.69) is 16.0 Å². The molecule has 0 aromatic heterocycles. The number of anilines is 1. The van der Waals surface area contributed by atoms with Gasteiger partial charge in [-0.05, 0) is 23.6 Å². The number of nitrogens with one attached hydrogen (secondary N) is 3. The Morgan fingerprint density at radius 1 is 1.17 bits per heavy atom. The smallest absolute Gasteiger partial charge is 0.312 e. The van der Waals surface area contributed by atoms with Crippen LogP contribution in [0.4, 0.5) is 10.5 Å². The van der Waals surface area contributed by atoms with Crippen molar-refractivity contribution < 1.29 is 14.4 Å². The zero-order valence-corrected chi connectivity index (χ0v) is 13.7. The van der Waals surface area contributed by atoms with Crippen molar-refractivity contribution in [2.75, 3.05) is 5.32 Å². The second kappa shape index (κ2) is 8.77. The molecular weight excluding hydrogens is 296 g/mol. The topological polar surface area (TPSA) is 113 Å². The lowest BCUT2D eigenvalue weighted by molar-refractivity contribution is -0.124. The van der Waals surface area contributed by atoms with E-state index in [1.54, 1.807) is 12.1 Å². The zero-order valence-electron chi connectivity index (χ0n) is 13.7. The van der Waals surface area contributed by atoms with E-state index >= 15 is 0 Å². The van der Waals surface area contributed by atoms with Crippen LogP contribution in [0.1, 0.15) is 32.8 Å². The Balaban J connectivity index is 2.62. The maximum Gasteiger partial charge on any atom is 0.312 e. The van der Waals surface area contributed by atoms with Gasteiger partial charge in [-0.15, -0.1) is 0 Å². The van der Waals surface area contributed by atoms with Crippen LogP contribution in [0.3, 0.4) is 0 Å². The van der Waals surface area contributed by atoms with Crippen LogP contribution in [-0.4, -0.2) is 23.9 Å². The fourth-order valence-corrected chi connectivity index (χ4v) is 2.06. The molecule has 2 atom stereocenters. The Hall–Kier alpha value is -2.57. The van der Waals surface area contributed by atoms with Gasteiger partial charge in [-0.25, -0.2) is 4.79 Å². The molecule has 0 bridgehead atoms. The van der Waals surface area contributed by atoms with Crippen molar-refractivity contribution in [3.05, 3.63) is 29.8 Å². The standard InChI is InChI=1S/C16H24N4O3/c1-4-10(2)14(20-16(17)23)15(22)18-9-12-5-7-13(8-6-12)19-11(3)21/h5-8,10,14H,4,9H2,1-3H3,(H,18,22)(H,19,21)(H3,17,20,23). The van der Waals surface area contributed by atoms with Gasteiger partial charge < -0.3 is 21.7 Å². The molecule has 126 valence electrons. The number of nitrogens with two attached hydrogens (primary N) is 1. The third-order valence-corrected chi connectivity index (χ3v) is 3.53. The monoisotopic (exact) mass is 320 g/mol. The Morgan fingerprint density at radius 3 is 2.26 bits per heavy atom. The van der Waals surface area contributed by atoms with E-state index in [0.717, 1.165) is 12.0 Å². The third-order valence-electron chi connectivity index (χ3n) is 3.53. The van der Waals surface area contributed by atoms with Gasteiger partial charge >= 0.3 is 6.03 Å². The van der Waals surface area contributed by atoms with Crippen molar-refractivity contribution in [2.24, 2.45) is 11.7 Å². The molecule has 0 saturated heterocycles. The highest BCUT2D eigenvalue weighted by atomic mass is 16.2. The minimum absolute atomic E-state index is 0.0235. The number of benzene rings is 1. The van der Waals surface area contributed by atoms with Crippen molar-refractivity contribution in [3.63, 3.8) is 0 Å². The highest BCUT2D eigenvalue weighted by Crippen LogP contribution is 2.11. The number of primary amides is 1. The Kier molecular flexibility index (Phi) is 7.05. The summed E-state index contributed by atoms with van der Waals surface area (Å²) in [5.74, 6) is -0.436. The summed E-state index contributed by atoms with van der Waals surface area (Å²) in [7, 11) is 0. The molecule has 1 aromatic rings. The molecule has 0 saturated carbocycles. The fraction of sp³-hybridized carbons (Fsp3) is 0.438. The van der Waals surface area contributed by atoms with Gasteiger partial charge in [0.1, 0.15) is 6.04 Å². The zero-order chi connectivity index (χ0) is 17.4. The average Bonchev–Trinajstić information content (AvgIpc) is 2.50. The summed E-state index contributed by atoms with van der Waals surface area (Å²) >= 11 is 0. The molecule has 5 N–H and O–H groups in total. The van der Waals surface area contributed by atoms with Crippen LogP contribution in [0, 0.1) is 5.92 Å². The SMILES string of the molecule is CCC(C)C(NC(N)=O)C(=O)NCc1ccc(NC(C)=O)cc1. The van der Waals surface area contributed by atoms with E-state index in [9.17, 15) is 14.4 Å². The van der Waals surface area contributed by atoms with Crippen LogP contribution in [0.2, 0.25) is 0 Å². The summed E-state index contributed by atoms with van der Waals surface area (Å²) in [6.45, 7) is 5.58. The largest absolute Gasteiger partial charge is 0.352 e. The number of carbonyl (C=O) groups excluding carboxylic acids is 3. The molecule has 0 aliphatic rings. The van der Waals surface area contributed by atoms with Gasteiger partial charge in [0.25, 0.3) is 0 Å². The lowest BCUT2D eigenvalue weighted by atomic mass is 9.98. The first-order valence-electron chi connectivity index (χ1n) is 7.53. The van der Waals surface area contributed by atoms with Gasteiger partial charge in [-0.1, -0.05) is 32.4 Å². The molecule has 1 aromatic carbocycles. The first-order chi connectivity index (χ1) is 10.8. The first kappa shape index (κ1) is 18.5. The van der Waals surface area contributed by atoms with Gasteiger partial charge in [0, 0.05) is 19.2 Å². The number of carbonyl (C=O) groups is 3. The lowest BCUT2D eigenvalue weighted by Crippen LogP contribution is -2.51. The Labute approximate surface area is 136 Å². The second-order valence-electron chi connectivity index (χ2n) is 5.47. The predicted molar refractivity (Wildman–Crippen MR) is 88.6 cm³/mol. The van der Waals surface area contributed by atoms with Crippen LogP contribution >= 0.6 is 0 Å². The van der Waals surface area contributed by atoms with E-state index in [-0.39, 0.29) is 17.7 Å². The van der Waals surface area contributed by atoms with Crippen molar-refractivity contribution in [2.45, 2.75) is 39.8 Å². The van der Waals surface area contributed by atoms with Crippen molar-refractivity contribution in [1.29, 1.82) is 0 Å². The molecule has 0 heterocycles. The van der Waals surface area contributed by atoms with Crippen molar-refractivity contribution in [3.8, 4) is 0 Å². The minimum Gasteiger partial charge on any atom is -0.352 e. The summed E-state index contributed by atoms with van der Waals surface area (Å²) in [6.07, 6.45) is 0.740. The quantitative estimate of drug-likeness (QED) is 0.608. The summed E-state index contributed by atoms with van der Waals surface area (Å²) in [4.78, 5) is 34.2. The van der Waals surface area contributed by atoms with Crippen LogP contribution in [0.5, 0.6) is 0 Å². The van der Waals surface area contributed by atoms with Gasteiger partial charge in [0.05, 0.1) is 0 Å². The highest BCUT2D eigenvalue weighted by Gasteiger charge is 2.24. The minimum atomic E-state index is -0.717. The first-order valence-corrected chi connectivity index (χ1v) is 7.53. The molecule has 4 amide bonds. The van der Waals surface area contributed by atoms with E-state index in [0.29, 0.717) is 12.2 Å². The molecule has 7 nitrogen and oxygen atoms in total. The number of hydrogen-bond acceptors (Lipinski definition) is 3. The fourth-order valence-electron chi connectivity index (χ4n) is 2.06. The number of urea groups is 1. The third kappa shape index (κ3) is 6.37. The molecule has 1 rings (SSSR count). The number of rotatable bonds is 7. The number of hydrogen-bond donors (Lipinski definition) is 4. The molecule has 0 radical (unpaired) electrons. The predicted octanol–water partition coefficient (Wildman–Crippen LogP) is 1.34. The van der Waals surface area contributed by atoms with Gasteiger partial charge in [0.2, 0.25) is 11.8 Å². The van der Waals surface area contributed by atoms with E-state index < -0.39 is 12.1 Å². The van der Waals surface area contributed by atoms with Crippen molar-refractivity contribution in [1.82, 2.24) is 10.6 Å². The second-order valence-corrected chi connectivity index (χ2v) is 5.47. The van der Waals surface area contributed by atoms with Crippen molar-refractivity contribution >= 4 is 23.5 Å². The Morgan fingerprint density at radius 2 is 1.78 bits per heavy atom. The molecular formula is C16H24N4O3. The molecule has 7 heteroatoms. The molecule has 0 aliphatic carbocycles. The average molecular weight is 320 g/mol. The Bertz CT molecular complexity index is 557. The molecule has 23 heavy (non-hydrogen) atoms. The summed E-state index contributed by atoms with van der Waals surface area (Å²) in [5, 5.41) is 7.93. The molecule has 0 aliphatic heterocycles. The van der Waals surface area contributed by atoms with Crippen LogP contribution in [0.25, 0.3) is 0 Å². The van der Waals surface area contributed by atoms with E-state index in [4.69, 9.17) is 5.73 Å². The molecule has 0 spiro atoms. The van der Waals surface area contributed by atoms with Crippen LogP contribution in [0.15, 0.2) is 24.3 Å². The van der Waals surface area contributed by atoms with Crippen LogP contribution in [-0.2, 0) is 16.1 Å².